The van der Waals surface area contributed by atoms with Gasteiger partial charge in [0.2, 0.25) is 0 Å². The van der Waals surface area contributed by atoms with Crippen LogP contribution in [0, 0.1) is 0 Å². The van der Waals surface area contributed by atoms with E-state index in [1.807, 2.05) is 49.4 Å². The summed E-state index contributed by atoms with van der Waals surface area (Å²) in [6.07, 6.45) is 0. The fourth-order valence-electron chi connectivity index (χ4n) is 3.27. The van der Waals surface area contributed by atoms with E-state index in [9.17, 15) is 4.79 Å². The lowest BCUT2D eigenvalue weighted by molar-refractivity contribution is -0.122. The van der Waals surface area contributed by atoms with Gasteiger partial charge in [-0.2, -0.15) is 5.10 Å². The fraction of sp³-hybridized carbons (Fsp3) is 0.364. The third kappa shape index (κ3) is 6.29. The topological polar surface area (TPSA) is 57.2 Å². The van der Waals surface area contributed by atoms with Gasteiger partial charge in [-0.15, -0.1) is 0 Å². The van der Waals surface area contributed by atoms with E-state index in [1.165, 1.54) is 0 Å². The lowest BCUT2D eigenvalue weighted by Gasteiger charge is -2.34. The van der Waals surface area contributed by atoms with Gasteiger partial charge in [0.15, 0.2) is 0 Å². The number of piperazine rings is 1. The zero-order valence-electron chi connectivity index (χ0n) is 16.9. The first-order valence-electron chi connectivity index (χ1n) is 9.71. The number of hydrazone groups is 1. The van der Waals surface area contributed by atoms with Crippen molar-refractivity contribution in [3.63, 3.8) is 0 Å². The number of carbonyl (C=O) groups is 1. The van der Waals surface area contributed by atoms with Gasteiger partial charge in [-0.25, -0.2) is 5.43 Å². The SMILES string of the molecule is COc1cccc(C(C)=NNC(=O)CN2CCN(Cc3ccccc3Cl)CC2)c1. The Labute approximate surface area is 177 Å². The molecule has 6 nitrogen and oxygen atoms in total. The Morgan fingerprint density at radius 1 is 1.10 bits per heavy atom. The Balaban J connectivity index is 1.44. The predicted molar refractivity (Wildman–Crippen MR) is 117 cm³/mol. The number of hydrogen-bond acceptors (Lipinski definition) is 5. The quantitative estimate of drug-likeness (QED) is 0.559. The molecule has 1 amide bonds. The molecule has 0 radical (unpaired) electrons. The van der Waals surface area contributed by atoms with E-state index in [0.717, 1.165) is 60.3 Å². The van der Waals surface area contributed by atoms with E-state index in [1.54, 1.807) is 7.11 Å². The molecule has 0 spiro atoms. The van der Waals surface area contributed by atoms with E-state index in [0.29, 0.717) is 6.54 Å². The molecule has 0 bridgehead atoms. The summed E-state index contributed by atoms with van der Waals surface area (Å²) >= 11 is 6.25. The Bertz CT molecular complexity index is 863. The molecule has 1 aliphatic heterocycles. The second kappa shape index (κ2) is 10.4. The molecule has 3 rings (SSSR count). The summed E-state index contributed by atoms with van der Waals surface area (Å²) in [5, 5.41) is 5.03. The van der Waals surface area contributed by atoms with Crippen LogP contribution in [0.25, 0.3) is 0 Å². The molecule has 1 aliphatic rings. The molecule has 154 valence electrons. The predicted octanol–water partition coefficient (Wildman–Crippen LogP) is 3.01. The molecular formula is C22H27ClN4O2. The number of rotatable bonds is 7. The van der Waals surface area contributed by atoms with Crippen molar-refractivity contribution < 1.29 is 9.53 Å². The number of halogens is 1. The average molecular weight is 415 g/mol. The van der Waals surface area contributed by atoms with Crippen molar-refractivity contribution in [3.8, 4) is 5.75 Å². The minimum Gasteiger partial charge on any atom is -0.497 e. The molecule has 1 saturated heterocycles. The molecule has 0 saturated carbocycles. The summed E-state index contributed by atoms with van der Waals surface area (Å²) in [4.78, 5) is 16.8. The molecule has 1 N–H and O–H groups in total. The summed E-state index contributed by atoms with van der Waals surface area (Å²) in [6.45, 7) is 6.54. The number of hydrogen-bond donors (Lipinski definition) is 1. The Morgan fingerprint density at radius 2 is 1.83 bits per heavy atom. The first kappa shape index (κ1) is 21.3. The number of benzene rings is 2. The molecule has 0 aliphatic carbocycles. The molecule has 7 heteroatoms. The molecule has 2 aromatic carbocycles. The van der Waals surface area contributed by atoms with Crippen molar-refractivity contribution >= 4 is 23.2 Å². The van der Waals surface area contributed by atoms with Gasteiger partial charge >= 0.3 is 0 Å². The maximum Gasteiger partial charge on any atom is 0.254 e. The second-order valence-electron chi connectivity index (χ2n) is 7.11. The van der Waals surface area contributed by atoms with Gasteiger partial charge in [0, 0.05) is 43.3 Å². The molecule has 29 heavy (non-hydrogen) atoms. The van der Waals surface area contributed by atoms with E-state index in [2.05, 4.69) is 26.4 Å². The van der Waals surface area contributed by atoms with E-state index >= 15 is 0 Å². The number of nitrogens with zero attached hydrogens (tertiary/aromatic N) is 3. The average Bonchev–Trinajstić information content (AvgIpc) is 2.75. The van der Waals surface area contributed by atoms with Gasteiger partial charge in [-0.3, -0.25) is 14.6 Å². The largest absolute Gasteiger partial charge is 0.497 e. The Morgan fingerprint density at radius 3 is 2.55 bits per heavy atom. The normalized spacial score (nSPS) is 15.9. The van der Waals surface area contributed by atoms with Crippen molar-refractivity contribution in [1.29, 1.82) is 0 Å². The van der Waals surface area contributed by atoms with Crippen LogP contribution in [0.4, 0.5) is 0 Å². The van der Waals surface area contributed by atoms with E-state index in [-0.39, 0.29) is 5.91 Å². The number of carbonyl (C=O) groups excluding carboxylic acids is 1. The monoisotopic (exact) mass is 414 g/mol. The van der Waals surface area contributed by atoms with Crippen LogP contribution in [0.2, 0.25) is 5.02 Å². The highest BCUT2D eigenvalue weighted by molar-refractivity contribution is 6.31. The first-order valence-corrected chi connectivity index (χ1v) is 10.1. The summed E-state index contributed by atoms with van der Waals surface area (Å²) in [5.41, 5.74) is 5.45. The highest BCUT2D eigenvalue weighted by Crippen LogP contribution is 2.18. The molecule has 0 unspecified atom stereocenters. The van der Waals surface area contributed by atoms with Crippen LogP contribution in [0.15, 0.2) is 53.6 Å². The highest BCUT2D eigenvalue weighted by atomic mass is 35.5. The summed E-state index contributed by atoms with van der Waals surface area (Å²) in [5.74, 6) is 0.657. The molecule has 0 aromatic heterocycles. The summed E-state index contributed by atoms with van der Waals surface area (Å²) < 4.78 is 5.22. The summed E-state index contributed by atoms with van der Waals surface area (Å²) in [6, 6.07) is 15.5. The maximum absolute atomic E-state index is 12.3. The van der Waals surface area contributed by atoms with Gasteiger partial charge in [-0.05, 0) is 30.7 Å². The fourth-order valence-corrected chi connectivity index (χ4v) is 3.47. The third-order valence-corrected chi connectivity index (χ3v) is 5.39. The van der Waals surface area contributed by atoms with Crippen LogP contribution in [0.1, 0.15) is 18.1 Å². The zero-order chi connectivity index (χ0) is 20.6. The number of ether oxygens (including phenoxy) is 1. The van der Waals surface area contributed by atoms with Crippen molar-refractivity contribution in [2.24, 2.45) is 5.10 Å². The molecule has 0 atom stereocenters. The van der Waals surface area contributed by atoms with Gasteiger partial charge in [0.05, 0.1) is 19.4 Å². The lowest BCUT2D eigenvalue weighted by Crippen LogP contribution is -2.48. The zero-order valence-corrected chi connectivity index (χ0v) is 17.7. The number of nitrogens with one attached hydrogen (secondary N) is 1. The molecule has 1 fully saturated rings. The highest BCUT2D eigenvalue weighted by Gasteiger charge is 2.19. The van der Waals surface area contributed by atoms with Gasteiger partial charge in [-0.1, -0.05) is 41.9 Å². The smallest absolute Gasteiger partial charge is 0.254 e. The molecule has 2 aromatic rings. The van der Waals surface area contributed by atoms with Crippen molar-refractivity contribution in [1.82, 2.24) is 15.2 Å². The van der Waals surface area contributed by atoms with Crippen molar-refractivity contribution in [3.05, 3.63) is 64.7 Å². The van der Waals surface area contributed by atoms with E-state index < -0.39 is 0 Å². The first-order chi connectivity index (χ1) is 14.0. The minimum atomic E-state index is -0.105. The van der Waals surface area contributed by atoms with Crippen LogP contribution in [-0.4, -0.2) is 61.3 Å². The minimum absolute atomic E-state index is 0.105. The van der Waals surface area contributed by atoms with Gasteiger partial charge in [0.1, 0.15) is 5.75 Å². The van der Waals surface area contributed by atoms with Gasteiger partial charge < -0.3 is 4.74 Å². The van der Waals surface area contributed by atoms with Crippen molar-refractivity contribution in [2.75, 3.05) is 39.8 Å². The van der Waals surface area contributed by atoms with Gasteiger partial charge in [0.25, 0.3) is 5.91 Å². The maximum atomic E-state index is 12.3. The standard InChI is InChI=1S/C22H27ClN4O2/c1-17(18-7-5-8-20(14-18)29-2)24-25-22(28)16-27-12-10-26(11-13-27)15-19-6-3-4-9-21(19)23/h3-9,14H,10-13,15-16H2,1-2H3,(H,25,28). The molecule has 1 heterocycles. The van der Waals surface area contributed by atoms with Crippen LogP contribution in [-0.2, 0) is 11.3 Å². The summed E-state index contributed by atoms with van der Waals surface area (Å²) in [7, 11) is 1.63. The van der Waals surface area contributed by atoms with Crippen LogP contribution in [0.5, 0.6) is 5.75 Å². The van der Waals surface area contributed by atoms with Crippen LogP contribution < -0.4 is 10.2 Å². The second-order valence-corrected chi connectivity index (χ2v) is 7.52. The van der Waals surface area contributed by atoms with E-state index in [4.69, 9.17) is 16.3 Å². The molecular weight excluding hydrogens is 388 g/mol. The van der Waals surface area contributed by atoms with Crippen molar-refractivity contribution in [2.45, 2.75) is 13.5 Å². The third-order valence-electron chi connectivity index (χ3n) is 5.02. The Hall–Kier alpha value is -2.41. The Kier molecular flexibility index (Phi) is 7.63. The lowest BCUT2D eigenvalue weighted by atomic mass is 10.1. The number of amides is 1. The van der Waals surface area contributed by atoms with Crippen LogP contribution in [0.3, 0.4) is 0 Å². The number of methoxy groups -OCH3 is 1. The van der Waals surface area contributed by atoms with Crippen LogP contribution >= 0.6 is 11.6 Å².